The van der Waals surface area contributed by atoms with E-state index in [1.807, 2.05) is 6.07 Å². The second-order valence-corrected chi connectivity index (χ2v) is 10.4. The SMILES string of the molecule is Cn1ccn(-c2ccc(-c3cc(F)cc(-c4ccnc(N5CCC6(CCC(=O)N6)C5)c4)c3O)cc2Cl)c1=O. The number of pyridine rings is 1. The molecule has 2 N–H and O–H groups in total. The summed E-state index contributed by atoms with van der Waals surface area (Å²) in [7, 11) is 1.65. The predicted octanol–water partition coefficient (Wildman–Crippen LogP) is 4.26. The normalized spacial score (nSPS) is 18.9. The molecule has 1 amide bonds. The minimum atomic E-state index is -0.514. The van der Waals surface area contributed by atoms with E-state index < -0.39 is 5.82 Å². The molecule has 0 bridgehead atoms. The first-order valence-corrected chi connectivity index (χ1v) is 12.7. The molecule has 2 fully saturated rings. The molecule has 8 nitrogen and oxygen atoms in total. The number of phenolic OH excluding ortho intramolecular Hbond substituents is 1. The second-order valence-electron chi connectivity index (χ2n) is 9.98. The summed E-state index contributed by atoms with van der Waals surface area (Å²) >= 11 is 6.51. The number of amides is 1. The van der Waals surface area contributed by atoms with E-state index in [-0.39, 0.29) is 33.5 Å². The quantitative estimate of drug-likeness (QED) is 0.409. The van der Waals surface area contributed by atoms with Crippen molar-refractivity contribution < 1.29 is 14.3 Å². The molecule has 194 valence electrons. The standard InChI is InChI=1S/C28H25ClFN5O3/c1-33-10-11-35(27(33)38)23-3-2-17(12-22(23)29)20-14-19(30)15-21(26(20)37)18-5-8-31-24(13-18)34-9-7-28(16-34)6-4-25(36)32-28/h2-3,5,8,10-15,37H,4,6-7,9,16H2,1H3,(H,32,36). The number of benzene rings is 2. The Labute approximate surface area is 222 Å². The lowest BCUT2D eigenvalue weighted by molar-refractivity contribution is -0.119. The van der Waals surface area contributed by atoms with Crippen LogP contribution in [0.1, 0.15) is 19.3 Å². The minimum Gasteiger partial charge on any atom is -0.507 e. The molecule has 2 aliphatic heterocycles. The maximum Gasteiger partial charge on any atom is 0.332 e. The molecule has 10 heteroatoms. The average molecular weight is 534 g/mol. The molecule has 4 heterocycles. The van der Waals surface area contributed by atoms with Crippen molar-refractivity contribution in [2.75, 3.05) is 18.0 Å². The Bertz CT molecular complexity index is 1650. The summed E-state index contributed by atoms with van der Waals surface area (Å²) in [6.45, 7) is 1.40. The molecule has 2 saturated heterocycles. The molecule has 1 unspecified atom stereocenters. The minimum absolute atomic E-state index is 0.0785. The summed E-state index contributed by atoms with van der Waals surface area (Å²) in [6, 6.07) is 11.1. The number of nitrogens with one attached hydrogen (secondary N) is 1. The topological polar surface area (TPSA) is 92.4 Å². The lowest BCUT2D eigenvalue weighted by Crippen LogP contribution is -2.44. The highest BCUT2D eigenvalue weighted by molar-refractivity contribution is 6.32. The Balaban J connectivity index is 1.34. The number of aromatic hydroxyl groups is 1. The monoisotopic (exact) mass is 533 g/mol. The zero-order valence-corrected chi connectivity index (χ0v) is 21.4. The van der Waals surface area contributed by atoms with E-state index in [0.717, 1.165) is 19.4 Å². The van der Waals surface area contributed by atoms with Crippen molar-refractivity contribution in [3.05, 3.63) is 82.4 Å². The van der Waals surface area contributed by atoms with E-state index in [1.165, 1.54) is 21.3 Å². The molecule has 6 rings (SSSR count). The predicted molar refractivity (Wildman–Crippen MR) is 143 cm³/mol. The van der Waals surface area contributed by atoms with Gasteiger partial charge in [-0.1, -0.05) is 17.7 Å². The number of hydrogen-bond donors (Lipinski definition) is 2. The molecular weight excluding hydrogens is 509 g/mol. The van der Waals surface area contributed by atoms with Gasteiger partial charge in [0.1, 0.15) is 17.4 Å². The van der Waals surface area contributed by atoms with Gasteiger partial charge in [0.25, 0.3) is 0 Å². The second kappa shape index (κ2) is 9.02. The van der Waals surface area contributed by atoms with E-state index in [9.17, 15) is 19.1 Å². The van der Waals surface area contributed by atoms with Gasteiger partial charge in [-0.3, -0.25) is 9.36 Å². The Morgan fingerprint density at radius 3 is 2.47 bits per heavy atom. The van der Waals surface area contributed by atoms with Gasteiger partial charge in [-0.2, -0.15) is 0 Å². The van der Waals surface area contributed by atoms with Crippen molar-refractivity contribution in [2.24, 2.45) is 7.05 Å². The van der Waals surface area contributed by atoms with Crippen LogP contribution in [0.25, 0.3) is 27.9 Å². The number of anilines is 1. The van der Waals surface area contributed by atoms with E-state index in [4.69, 9.17) is 11.6 Å². The summed E-state index contributed by atoms with van der Waals surface area (Å²) in [5.41, 5.74) is 1.74. The number of carbonyl (C=O) groups is 1. The maximum atomic E-state index is 14.9. The van der Waals surface area contributed by atoms with Crippen molar-refractivity contribution in [1.29, 1.82) is 0 Å². The number of hydrogen-bond acceptors (Lipinski definition) is 5. The number of phenols is 1. The number of aromatic nitrogens is 3. The fraction of sp³-hybridized carbons (Fsp3) is 0.250. The van der Waals surface area contributed by atoms with Crippen LogP contribution in [0.4, 0.5) is 10.2 Å². The van der Waals surface area contributed by atoms with Gasteiger partial charge in [0.2, 0.25) is 5.91 Å². The van der Waals surface area contributed by atoms with Crippen LogP contribution in [0.5, 0.6) is 5.75 Å². The highest BCUT2D eigenvalue weighted by Crippen LogP contribution is 2.41. The number of aryl methyl sites for hydroxylation is 1. The van der Waals surface area contributed by atoms with E-state index in [1.54, 1.807) is 49.9 Å². The van der Waals surface area contributed by atoms with Crippen LogP contribution < -0.4 is 15.9 Å². The maximum absolute atomic E-state index is 14.9. The zero-order chi connectivity index (χ0) is 26.6. The van der Waals surface area contributed by atoms with Gasteiger partial charge in [0.05, 0.1) is 16.2 Å². The van der Waals surface area contributed by atoms with Crippen molar-refractivity contribution in [3.63, 3.8) is 0 Å². The molecule has 38 heavy (non-hydrogen) atoms. The number of rotatable bonds is 4. The molecule has 2 aromatic carbocycles. The van der Waals surface area contributed by atoms with E-state index >= 15 is 0 Å². The Morgan fingerprint density at radius 1 is 1.05 bits per heavy atom. The number of halogens is 2. The lowest BCUT2D eigenvalue weighted by atomic mass is 9.97. The van der Waals surface area contributed by atoms with Gasteiger partial charge < -0.3 is 19.9 Å². The van der Waals surface area contributed by atoms with Gasteiger partial charge in [-0.25, -0.2) is 14.2 Å². The van der Waals surface area contributed by atoms with Gasteiger partial charge in [-0.05, 0) is 60.4 Å². The first-order chi connectivity index (χ1) is 18.2. The lowest BCUT2D eigenvalue weighted by Gasteiger charge is -2.24. The molecule has 0 saturated carbocycles. The summed E-state index contributed by atoms with van der Waals surface area (Å²) in [5, 5.41) is 14.6. The first-order valence-electron chi connectivity index (χ1n) is 12.3. The zero-order valence-electron chi connectivity index (χ0n) is 20.6. The molecular formula is C28H25ClFN5O3. The fourth-order valence-electron chi connectivity index (χ4n) is 5.46. The Morgan fingerprint density at radius 2 is 1.82 bits per heavy atom. The van der Waals surface area contributed by atoms with Crippen molar-refractivity contribution in [2.45, 2.75) is 24.8 Å². The van der Waals surface area contributed by atoms with Gasteiger partial charge in [0, 0.05) is 56.3 Å². The van der Waals surface area contributed by atoms with Crippen molar-refractivity contribution in [1.82, 2.24) is 19.4 Å². The fourth-order valence-corrected chi connectivity index (χ4v) is 5.73. The van der Waals surface area contributed by atoms with E-state index in [0.29, 0.717) is 41.2 Å². The van der Waals surface area contributed by atoms with Crippen LogP contribution in [0, 0.1) is 5.82 Å². The molecule has 2 aliphatic rings. The largest absolute Gasteiger partial charge is 0.507 e. The van der Waals surface area contributed by atoms with Crippen LogP contribution >= 0.6 is 11.6 Å². The van der Waals surface area contributed by atoms with Gasteiger partial charge >= 0.3 is 5.69 Å². The number of imidazole rings is 1. The van der Waals surface area contributed by atoms with Crippen molar-refractivity contribution in [3.8, 4) is 33.7 Å². The van der Waals surface area contributed by atoms with Crippen LogP contribution in [-0.4, -0.2) is 43.8 Å². The summed E-state index contributed by atoms with van der Waals surface area (Å²) < 4.78 is 17.7. The summed E-state index contributed by atoms with van der Waals surface area (Å²) in [6.07, 6.45) is 7.06. The number of carbonyl (C=O) groups excluding carboxylic acids is 1. The van der Waals surface area contributed by atoms with Crippen LogP contribution in [0.15, 0.2) is 65.8 Å². The van der Waals surface area contributed by atoms with Gasteiger partial charge in [0.15, 0.2) is 0 Å². The first kappa shape index (κ1) is 24.2. The van der Waals surface area contributed by atoms with Crippen LogP contribution in [-0.2, 0) is 11.8 Å². The Hall–Kier alpha value is -4.11. The molecule has 1 atom stereocenters. The Kier molecular flexibility index (Phi) is 5.75. The van der Waals surface area contributed by atoms with Crippen LogP contribution in [0.3, 0.4) is 0 Å². The summed E-state index contributed by atoms with van der Waals surface area (Å²) in [4.78, 5) is 30.7. The van der Waals surface area contributed by atoms with Crippen LogP contribution in [0.2, 0.25) is 5.02 Å². The molecule has 0 aliphatic carbocycles. The smallest absolute Gasteiger partial charge is 0.332 e. The molecule has 2 aromatic heterocycles. The average Bonchev–Trinajstić information content (AvgIpc) is 3.59. The van der Waals surface area contributed by atoms with E-state index in [2.05, 4.69) is 15.2 Å². The third kappa shape index (κ3) is 4.12. The van der Waals surface area contributed by atoms with Crippen molar-refractivity contribution >= 4 is 23.3 Å². The summed E-state index contributed by atoms with van der Waals surface area (Å²) in [5.74, 6) is 0.172. The number of nitrogens with zero attached hydrogens (tertiary/aromatic N) is 4. The highest BCUT2D eigenvalue weighted by atomic mass is 35.5. The third-order valence-corrected chi connectivity index (χ3v) is 7.81. The molecule has 0 radical (unpaired) electrons. The molecule has 1 spiro atoms. The highest BCUT2D eigenvalue weighted by Gasteiger charge is 2.43. The molecule has 4 aromatic rings. The van der Waals surface area contributed by atoms with Gasteiger partial charge in [-0.15, -0.1) is 0 Å². The third-order valence-electron chi connectivity index (χ3n) is 7.51.